The number of benzene rings is 1. The molecular weight excluding hydrogens is 252 g/mol. The number of ether oxygens (including phenoxy) is 1. The number of aliphatic hydroxyl groups excluding tert-OH is 1. The highest BCUT2D eigenvalue weighted by Gasteiger charge is 2.29. The first kappa shape index (κ1) is 14.4. The van der Waals surface area contributed by atoms with Crippen LogP contribution in [0, 0.1) is 11.6 Å². The SMILES string of the molecule is CC1COCC(C)N1CC(O)c1c(F)cccc1F. The molecule has 0 saturated carbocycles. The van der Waals surface area contributed by atoms with Gasteiger partial charge in [0.05, 0.1) is 24.9 Å². The summed E-state index contributed by atoms with van der Waals surface area (Å²) in [6, 6.07) is 3.85. The van der Waals surface area contributed by atoms with Crippen molar-refractivity contribution < 1.29 is 18.6 Å². The van der Waals surface area contributed by atoms with Crippen LogP contribution in [0.15, 0.2) is 18.2 Å². The van der Waals surface area contributed by atoms with Gasteiger partial charge in [-0.15, -0.1) is 0 Å². The van der Waals surface area contributed by atoms with Gasteiger partial charge in [0.15, 0.2) is 0 Å². The molecule has 3 atom stereocenters. The largest absolute Gasteiger partial charge is 0.387 e. The van der Waals surface area contributed by atoms with Gasteiger partial charge in [0, 0.05) is 18.6 Å². The second-order valence-corrected chi connectivity index (χ2v) is 5.08. The molecule has 2 rings (SSSR count). The average Bonchev–Trinajstić information content (AvgIpc) is 2.34. The summed E-state index contributed by atoms with van der Waals surface area (Å²) in [7, 11) is 0. The standard InChI is InChI=1S/C14H19F2NO2/c1-9-7-19-8-10(2)17(9)6-13(18)14-11(15)4-3-5-12(14)16/h3-5,9-10,13,18H,6-8H2,1-2H3. The number of halogens is 2. The lowest BCUT2D eigenvalue weighted by molar-refractivity contribution is -0.0544. The molecule has 1 aliphatic rings. The number of rotatable bonds is 3. The van der Waals surface area contributed by atoms with E-state index in [9.17, 15) is 13.9 Å². The van der Waals surface area contributed by atoms with E-state index in [1.54, 1.807) is 0 Å². The van der Waals surface area contributed by atoms with Crippen LogP contribution in [-0.2, 0) is 4.74 Å². The molecule has 0 amide bonds. The Hall–Kier alpha value is -1.04. The van der Waals surface area contributed by atoms with Crippen molar-refractivity contribution in [2.75, 3.05) is 19.8 Å². The molecule has 3 nitrogen and oxygen atoms in total. The lowest BCUT2D eigenvalue weighted by atomic mass is 10.0. The molecule has 1 aromatic rings. The van der Waals surface area contributed by atoms with Crippen LogP contribution >= 0.6 is 0 Å². The highest BCUT2D eigenvalue weighted by atomic mass is 19.1. The highest BCUT2D eigenvalue weighted by molar-refractivity contribution is 5.22. The number of β-amino-alcohol motifs (C(OH)–C–C–N with tert-alkyl or cyclic N) is 1. The monoisotopic (exact) mass is 271 g/mol. The number of morpholine rings is 1. The van der Waals surface area contributed by atoms with Gasteiger partial charge in [-0.1, -0.05) is 6.07 Å². The van der Waals surface area contributed by atoms with Crippen LogP contribution in [0.3, 0.4) is 0 Å². The molecule has 3 unspecified atom stereocenters. The molecule has 0 aliphatic carbocycles. The maximum Gasteiger partial charge on any atom is 0.131 e. The van der Waals surface area contributed by atoms with Crippen molar-refractivity contribution in [1.82, 2.24) is 4.90 Å². The Bertz CT molecular complexity index is 411. The maximum atomic E-state index is 13.6. The first-order chi connectivity index (χ1) is 9.00. The van der Waals surface area contributed by atoms with E-state index in [4.69, 9.17) is 4.74 Å². The molecule has 1 N–H and O–H groups in total. The van der Waals surface area contributed by atoms with Gasteiger partial charge in [0.1, 0.15) is 11.6 Å². The summed E-state index contributed by atoms with van der Waals surface area (Å²) in [6.45, 7) is 5.28. The number of aliphatic hydroxyl groups is 1. The van der Waals surface area contributed by atoms with E-state index in [0.29, 0.717) is 13.2 Å². The lowest BCUT2D eigenvalue weighted by Crippen LogP contribution is -2.51. The van der Waals surface area contributed by atoms with Crippen molar-refractivity contribution in [2.24, 2.45) is 0 Å². The predicted molar refractivity (Wildman–Crippen MR) is 67.8 cm³/mol. The molecule has 0 spiro atoms. The van der Waals surface area contributed by atoms with E-state index >= 15 is 0 Å². The summed E-state index contributed by atoms with van der Waals surface area (Å²) in [5.74, 6) is -1.41. The smallest absolute Gasteiger partial charge is 0.131 e. The topological polar surface area (TPSA) is 32.7 Å². The van der Waals surface area contributed by atoms with Gasteiger partial charge in [-0.3, -0.25) is 4.90 Å². The Balaban J connectivity index is 2.14. The summed E-state index contributed by atoms with van der Waals surface area (Å²) in [6.07, 6.45) is -1.18. The fourth-order valence-corrected chi connectivity index (χ4v) is 2.51. The summed E-state index contributed by atoms with van der Waals surface area (Å²) in [5, 5.41) is 10.1. The molecule has 1 aromatic carbocycles. The third kappa shape index (κ3) is 3.11. The third-order valence-corrected chi connectivity index (χ3v) is 3.57. The van der Waals surface area contributed by atoms with Crippen LogP contribution in [-0.4, -0.2) is 41.8 Å². The zero-order chi connectivity index (χ0) is 14.0. The van der Waals surface area contributed by atoms with Crippen molar-refractivity contribution in [2.45, 2.75) is 32.0 Å². The third-order valence-electron chi connectivity index (χ3n) is 3.57. The van der Waals surface area contributed by atoms with Crippen molar-refractivity contribution in [3.8, 4) is 0 Å². The van der Waals surface area contributed by atoms with Gasteiger partial charge in [-0.2, -0.15) is 0 Å². The molecule has 1 aliphatic heterocycles. The van der Waals surface area contributed by atoms with Gasteiger partial charge >= 0.3 is 0 Å². The summed E-state index contributed by atoms with van der Waals surface area (Å²) in [4.78, 5) is 2.01. The van der Waals surface area contributed by atoms with E-state index in [-0.39, 0.29) is 24.2 Å². The van der Waals surface area contributed by atoms with Gasteiger partial charge in [-0.05, 0) is 26.0 Å². The second-order valence-electron chi connectivity index (χ2n) is 5.08. The fraction of sp³-hybridized carbons (Fsp3) is 0.571. The second kappa shape index (κ2) is 5.94. The van der Waals surface area contributed by atoms with Crippen LogP contribution < -0.4 is 0 Å². The molecule has 5 heteroatoms. The molecule has 19 heavy (non-hydrogen) atoms. The Morgan fingerprint density at radius 3 is 2.32 bits per heavy atom. The average molecular weight is 271 g/mol. The molecule has 1 heterocycles. The quantitative estimate of drug-likeness (QED) is 0.914. The van der Waals surface area contributed by atoms with E-state index in [1.807, 2.05) is 18.7 Å². The number of hydrogen-bond acceptors (Lipinski definition) is 3. The lowest BCUT2D eigenvalue weighted by Gasteiger charge is -2.39. The van der Waals surface area contributed by atoms with Crippen LogP contribution in [0.1, 0.15) is 25.5 Å². The first-order valence-electron chi connectivity index (χ1n) is 6.46. The van der Waals surface area contributed by atoms with Crippen molar-refractivity contribution in [3.63, 3.8) is 0 Å². The summed E-state index contributed by atoms with van der Waals surface area (Å²) < 4.78 is 32.6. The van der Waals surface area contributed by atoms with Crippen molar-refractivity contribution in [1.29, 1.82) is 0 Å². The number of hydrogen-bond donors (Lipinski definition) is 1. The molecule has 1 saturated heterocycles. The van der Waals surface area contributed by atoms with Crippen LogP contribution in [0.25, 0.3) is 0 Å². The normalized spacial score (nSPS) is 26.4. The minimum absolute atomic E-state index is 0.119. The van der Waals surface area contributed by atoms with Crippen molar-refractivity contribution in [3.05, 3.63) is 35.4 Å². The molecule has 0 bridgehead atoms. The fourth-order valence-electron chi connectivity index (χ4n) is 2.51. The Kier molecular flexibility index (Phi) is 4.50. The Morgan fingerprint density at radius 1 is 1.26 bits per heavy atom. The Morgan fingerprint density at radius 2 is 1.79 bits per heavy atom. The van der Waals surface area contributed by atoms with Gasteiger partial charge in [0.2, 0.25) is 0 Å². The van der Waals surface area contributed by atoms with Gasteiger partial charge < -0.3 is 9.84 Å². The Labute approximate surface area is 111 Å². The molecule has 1 fully saturated rings. The maximum absolute atomic E-state index is 13.6. The molecule has 0 aromatic heterocycles. The first-order valence-corrected chi connectivity index (χ1v) is 6.46. The zero-order valence-corrected chi connectivity index (χ0v) is 11.1. The molecule has 106 valence electrons. The van der Waals surface area contributed by atoms with Crippen molar-refractivity contribution >= 4 is 0 Å². The van der Waals surface area contributed by atoms with E-state index in [0.717, 1.165) is 12.1 Å². The van der Waals surface area contributed by atoms with Crippen LogP contribution in [0.5, 0.6) is 0 Å². The van der Waals surface area contributed by atoms with E-state index < -0.39 is 17.7 Å². The zero-order valence-electron chi connectivity index (χ0n) is 11.1. The van der Waals surface area contributed by atoms with Crippen LogP contribution in [0.2, 0.25) is 0 Å². The highest BCUT2D eigenvalue weighted by Crippen LogP contribution is 2.24. The van der Waals surface area contributed by atoms with Crippen LogP contribution in [0.4, 0.5) is 8.78 Å². The summed E-state index contributed by atoms with van der Waals surface area (Å²) >= 11 is 0. The minimum atomic E-state index is -1.18. The molecular formula is C14H19F2NO2. The van der Waals surface area contributed by atoms with E-state index in [1.165, 1.54) is 6.07 Å². The summed E-state index contributed by atoms with van der Waals surface area (Å²) in [5.41, 5.74) is -0.256. The minimum Gasteiger partial charge on any atom is -0.387 e. The van der Waals surface area contributed by atoms with E-state index in [2.05, 4.69) is 0 Å². The number of nitrogens with zero attached hydrogens (tertiary/aromatic N) is 1. The molecule has 0 radical (unpaired) electrons. The van der Waals surface area contributed by atoms with Gasteiger partial charge in [-0.25, -0.2) is 8.78 Å². The predicted octanol–water partition coefficient (Wildman–Crippen LogP) is 2.11. The van der Waals surface area contributed by atoms with Gasteiger partial charge in [0.25, 0.3) is 0 Å².